The predicted molar refractivity (Wildman–Crippen MR) is 82.4 cm³/mol. The summed E-state index contributed by atoms with van der Waals surface area (Å²) >= 11 is 0. The molecule has 0 bridgehead atoms. The average molecular weight is 407 g/mol. The molecule has 2 aliphatic heterocycles. The summed E-state index contributed by atoms with van der Waals surface area (Å²) in [5.41, 5.74) is 0. The second-order valence-corrected chi connectivity index (χ2v) is 7.93. The monoisotopic (exact) mass is 407 g/mol. The van der Waals surface area contributed by atoms with Crippen LogP contribution in [0.3, 0.4) is 0 Å². The van der Waals surface area contributed by atoms with E-state index in [1.165, 1.54) is 67.5 Å². The Balaban J connectivity index is 0.00000161. The van der Waals surface area contributed by atoms with Crippen molar-refractivity contribution in [3.63, 3.8) is 0 Å². The molecule has 2 saturated heterocycles. The summed E-state index contributed by atoms with van der Waals surface area (Å²) in [6.45, 7) is 9.88. The molecule has 0 amide bonds. The van der Waals surface area contributed by atoms with Crippen molar-refractivity contribution >= 4 is 0 Å². The second-order valence-electron chi connectivity index (χ2n) is 7.93. The fraction of sp³-hybridized carbons (Fsp3) is 0.882. The van der Waals surface area contributed by atoms with Crippen molar-refractivity contribution in [2.45, 2.75) is 19.3 Å². The van der Waals surface area contributed by atoms with Crippen molar-refractivity contribution < 1.29 is 37.7 Å². The summed E-state index contributed by atoms with van der Waals surface area (Å²) in [7, 11) is 4.91. The van der Waals surface area contributed by atoms with E-state index in [1.54, 1.807) is 0 Å². The number of allylic oxidation sites excluding steroid dienone is 2. The van der Waals surface area contributed by atoms with Crippen LogP contribution >= 0.6 is 0 Å². The zero-order valence-electron chi connectivity index (χ0n) is 13.8. The molecule has 3 aliphatic rings. The quantitative estimate of drug-likeness (QED) is 0.327. The van der Waals surface area contributed by atoms with E-state index in [0.29, 0.717) is 0 Å². The Morgan fingerprint density at radius 2 is 1.43 bits per heavy atom. The first-order chi connectivity index (χ1) is 9.59. The van der Waals surface area contributed by atoms with Gasteiger partial charge < -0.3 is 37.7 Å². The van der Waals surface area contributed by atoms with Crippen molar-refractivity contribution in [1.82, 2.24) is 0 Å². The molecule has 0 aromatic heterocycles. The molecule has 0 N–H and O–H groups in total. The topological polar surface area (TPSA) is 9.23 Å². The third-order valence-electron chi connectivity index (χ3n) is 6.01. The number of likely N-dealkylation sites (N-methyl/N-ethyl adjacent to an activating group) is 1. The number of hydrogen-bond acceptors (Lipinski definition) is 1. The number of rotatable bonds is 4. The lowest BCUT2D eigenvalue weighted by Crippen LogP contribution is -3.00. The molecule has 0 aromatic rings. The van der Waals surface area contributed by atoms with Gasteiger partial charge in [-0.3, -0.25) is 0 Å². The van der Waals surface area contributed by atoms with Crippen molar-refractivity contribution in [1.29, 1.82) is 0 Å². The van der Waals surface area contributed by atoms with Crippen LogP contribution in [0.5, 0.6) is 0 Å². The van der Waals surface area contributed by atoms with Crippen molar-refractivity contribution in [2.24, 2.45) is 11.8 Å². The first-order valence-electron chi connectivity index (χ1n) is 8.49. The first kappa shape index (κ1) is 17.7. The maximum absolute atomic E-state index is 5.50. The maximum atomic E-state index is 5.50. The molecule has 3 nitrogen and oxygen atoms in total. The highest BCUT2D eigenvalue weighted by atomic mass is 127. The van der Waals surface area contributed by atoms with E-state index in [9.17, 15) is 0 Å². The summed E-state index contributed by atoms with van der Waals surface area (Å²) in [5, 5.41) is 0. The number of likely N-dealkylation sites (tertiary alicyclic amines) is 1. The number of ether oxygens (including phenoxy) is 1. The molecule has 2 heterocycles. The lowest BCUT2D eigenvalue weighted by molar-refractivity contribution is -0.928. The standard InChI is InChI=1S/C17H32N2O.HI/c1-18(10-12-20-13-11-18)8-5-9-19(2)14-16-6-3-4-7-17(16)15-19;/h3-4,16-17H,5-15H2,1-2H3;1H/q+2;/p-1. The van der Waals surface area contributed by atoms with Crippen molar-refractivity contribution in [2.75, 3.05) is 66.6 Å². The summed E-state index contributed by atoms with van der Waals surface area (Å²) < 4.78 is 8.06. The molecule has 2 atom stereocenters. The van der Waals surface area contributed by atoms with Crippen LogP contribution < -0.4 is 24.0 Å². The SMILES string of the molecule is C[N+]1(CCC[N+]2(C)CC3CC=CCC3C2)CCOCC1.[I-]. The second kappa shape index (κ2) is 7.28. The Hall–Kier alpha value is 0.350. The molecule has 21 heavy (non-hydrogen) atoms. The molecule has 0 spiro atoms. The largest absolute Gasteiger partial charge is 1.00 e. The Morgan fingerprint density at radius 3 is 2.00 bits per heavy atom. The molecule has 4 heteroatoms. The lowest BCUT2D eigenvalue weighted by atomic mass is 9.86. The lowest BCUT2D eigenvalue weighted by Gasteiger charge is -2.38. The Labute approximate surface area is 147 Å². The normalized spacial score (nSPS) is 37.8. The zero-order chi connectivity index (χ0) is 14.1. The van der Waals surface area contributed by atoms with Crippen LogP contribution in [0.25, 0.3) is 0 Å². The van der Waals surface area contributed by atoms with Gasteiger partial charge in [-0.05, 0) is 12.8 Å². The molecular formula is C17H32IN2O+. The van der Waals surface area contributed by atoms with Gasteiger partial charge in [-0.25, -0.2) is 0 Å². The number of halogens is 1. The van der Waals surface area contributed by atoms with E-state index < -0.39 is 0 Å². The van der Waals surface area contributed by atoms with Gasteiger partial charge in [0, 0.05) is 18.3 Å². The molecule has 0 aromatic carbocycles. The Morgan fingerprint density at radius 1 is 0.905 bits per heavy atom. The highest BCUT2D eigenvalue weighted by molar-refractivity contribution is 4.96. The van der Waals surface area contributed by atoms with Gasteiger partial charge in [-0.1, -0.05) is 12.2 Å². The number of morpholine rings is 1. The van der Waals surface area contributed by atoms with Crippen molar-refractivity contribution in [3.8, 4) is 0 Å². The van der Waals surface area contributed by atoms with Crippen LogP contribution in [0.15, 0.2) is 12.2 Å². The molecule has 122 valence electrons. The maximum Gasteiger partial charge on any atom is 0.102 e. The van der Waals surface area contributed by atoms with Crippen LogP contribution in [-0.2, 0) is 4.74 Å². The van der Waals surface area contributed by atoms with Crippen LogP contribution in [0.4, 0.5) is 0 Å². The number of hydrogen-bond donors (Lipinski definition) is 0. The van der Waals surface area contributed by atoms with Crippen LogP contribution in [0, 0.1) is 11.8 Å². The average Bonchev–Trinajstić information content (AvgIpc) is 2.75. The third kappa shape index (κ3) is 4.43. The minimum absolute atomic E-state index is 0. The van der Waals surface area contributed by atoms with E-state index in [-0.39, 0.29) is 24.0 Å². The highest BCUT2D eigenvalue weighted by Gasteiger charge is 2.42. The fourth-order valence-electron chi connectivity index (χ4n) is 4.61. The summed E-state index contributed by atoms with van der Waals surface area (Å²) in [6, 6.07) is 0. The number of quaternary nitrogens is 2. The van der Waals surface area contributed by atoms with E-state index in [1.807, 2.05) is 0 Å². The van der Waals surface area contributed by atoms with Gasteiger partial charge in [0.1, 0.15) is 13.1 Å². The molecule has 3 rings (SSSR count). The predicted octanol–water partition coefficient (Wildman–Crippen LogP) is -1.10. The van der Waals surface area contributed by atoms with Gasteiger partial charge >= 0.3 is 0 Å². The smallest absolute Gasteiger partial charge is 0.102 e. The van der Waals surface area contributed by atoms with E-state index in [4.69, 9.17) is 4.74 Å². The molecular weight excluding hydrogens is 375 g/mol. The van der Waals surface area contributed by atoms with Gasteiger partial charge in [0.05, 0.1) is 53.5 Å². The molecule has 1 aliphatic carbocycles. The van der Waals surface area contributed by atoms with E-state index >= 15 is 0 Å². The number of fused-ring (bicyclic) bond motifs is 1. The molecule has 2 unspecified atom stereocenters. The zero-order valence-corrected chi connectivity index (χ0v) is 15.9. The first-order valence-corrected chi connectivity index (χ1v) is 8.49. The minimum Gasteiger partial charge on any atom is -1.00 e. The van der Waals surface area contributed by atoms with Gasteiger partial charge in [-0.2, -0.15) is 0 Å². The highest BCUT2D eigenvalue weighted by Crippen LogP contribution is 2.36. The van der Waals surface area contributed by atoms with Crippen LogP contribution in [0.2, 0.25) is 0 Å². The summed E-state index contributed by atoms with van der Waals surface area (Å²) in [6.07, 6.45) is 8.88. The Kier molecular flexibility index (Phi) is 6.14. The number of nitrogens with zero attached hydrogens (tertiary/aromatic N) is 2. The summed E-state index contributed by atoms with van der Waals surface area (Å²) in [4.78, 5) is 0. The van der Waals surface area contributed by atoms with Gasteiger partial charge in [0.25, 0.3) is 0 Å². The summed E-state index contributed by atoms with van der Waals surface area (Å²) in [5.74, 6) is 1.94. The minimum atomic E-state index is 0. The molecule has 2 fully saturated rings. The van der Waals surface area contributed by atoms with Crippen LogP contribution in [0.1, 0.15) is 19.3 Å². The molecule has 0 radical (unpaired) electrons. The van der Waals surface area contributed by atoms with Gasteiger partial charge in [0.15, 0.2) is 0 Å². The van der Waals surface area contributed by atoms with E-state index in [0.717, 1.165) is 25.0 Å². The third-order valence-corrected chi connectivity index (χ3v) is 6.01. The van der Waals surface area contributed by atoms with Gasteiger partial charge in [0.2, 0.25) is 0 Å². The van der Waals surface area contributed by atoms with Gasteiger partial charge in [-0.15, -0.1) is 0 Å². The van der Waals surface area contributed by atoms with E-state index in [2.05, 4.69) is 26.2 Å². The fourth-order valence-corrected chi connectivity index (χ4v) is 4.61. The molecule has 0 saturated carbocycles. The Bertz CT molecular complexity index is 350. The van der Waals surface area contributed by atoms with Crippen molar-refractivity contribution in [3.05, 3.63) is 12.2 Å². The van der Waals surface area contributed by atoms with Crippen LogP contribution in [-0.4, -0.2) is 75.5 Å².